The molecular weight excluding hydrogens is 414 g/mol. The first-order chi connectivity index (χ1) is 14.4. The number of nitrogens with two attached hydrogens (primary N) is 1. The Kier molecular flexibility index (Phi) is 7.63. The minimum atomic E-state index is -0.816. The van der Waals surface area contributed by atoms with Crippen LogP contribution in [0.4, 0.5) is 5.69 Å². The Bertz CT molecular complexity index is 790. The second kappa shape index (κ2) is 10.2. The van der Waals surface area contributed by atoms with Crippen LogP contribution in [0.2, 0.25) is 5.02 Å². The second-order valence-electron chi connectivity index (χ2n) is 7.66. The number of carbonyl (C=O) groups excluding carboxylic acids is 1. The minimum Gasteiger partial charge on any atom is -0.489 e. The number of likely N-dealkylation sites (tertiary alicyclic amines) is 1. The van der Waals surface area contributed by atoms with Gasteiger partial charge in [-0.1, -0.05) is 11.6 Å². The molecule has 2 atom stereocenters. The standard InChI is InChI=1S/C20H28ClN3O6/c21-17-14(22)9-13(18-19(17)30-8-2-7-29-18)20(28)23-10-12-4-6-24(11-15(12)25)5-1-3-16(26)27/h9,12,15,25H,1-8,10-11,22H2,(H,23,28)(H,26,27)/t12-,15+/m0/s1. The maximum atomic E-state index is 12.8. The molecule has 2 aliphatic rings. The van der Waals surface area contributed by atoms with Crippen molar-refractivity contribution in [2.24, 2.45) is 5.92 Å². The summed E-state index contributed by atoms with van der Waals surface area (Å²) in [5, 5.41) is 22.3. The number of amides is 1. The van der Waals surface area contributed by atoms with Crippen molar-refractivity contribution in [3.8, 4) is 11.5 Å². The van der Waals surface area contributed by atoms with Gasteiger partial charge in [-0.25, -0.2) is 0 Å². The molecule has 30 heavy (non-hydrogen) atoms. The van der Waals surface area contributed by atoms with E-state index in [2.05, 4.69) is 10.2 Å². The number of hydrogen-bond donors (Lipinski definition) is 4. The van der Waals surface area contributed by atoms with Crippen LogP contribution in [-0.2, 0) is 4.79 Å². The molecule has 1 fully saturated rings. The summed E-state index contributed by atoms with van der Waals surface area (Å²) in [5.41, 5.74) is 6.43. The average Bonchev–Trinajstić information content (AvgIpc) is 2.96. The van der Waals surface area contributed by atoms with Gasteiger partial charge in [-0.2, -0.15) is 0 Å². The molecule has 2 aliphatic heterocycles. The van der Waals surface area contributed by atoms with Crippen LogP contribution in [0, 0.1) is 5.92 Å². The SMILES string of the molecule is Nc1cc(C(=O)NC[C@@H]2CCN(CCCC(=O)O)C[C@H]2O)c2c(c1Cl)OCCCO2. The zero-order chi connectivity index (χ0) is 21.7. The molecule has 10 heteroatoms. The molecule has 166 valence electrons. The Hall–Kier alpha value is -2.23. The Morgan fingerprint density at radius 3 is 2.73 bits per heavy atom. The van der Waals surface area contributed by atoms with E-state index in [1.807, 2.05) is 0 Å². The molecule has 0 radical (unpaired) electrons. The summed E-state index contributed by atoms with van der Waals surface area (Å²) in [6.45, 7) is 2.98. The number of benzene rings is 1. The molecule has 0 spiro atoms. The number of fused-ring (bicyclic) bond motifs is 1. The third-order valence-electron chi connectivity index (χ3n) is 5.42. The van der Waals surface area contributed by atoms with Crippen LogP contribution in [0.3, 0.4) is 0 Å². The van der Waals surface area contributed by atoms with Crippen LogP contribution in [-0.4, -0.2) is 72.5 Å². The number of carbonyl (C=O) groups is 2. The smallest absolute Gasteiger partial charge is 0.303 e. The van der Waals surface area contributed by atoms with E-state index in [4.69, 9.17) is 31.9 Å². The second-order valence-corrected chi connectivity index (χ2v) is 8.04. The topological polar surface area (TPSA) is 134 Å². The summed E-state index contributed by atoms with van der Waals surface area (Å²) in [6, 6.07) is 1.48. The van der Waals surface area contributed by atoms with E-state index < -0.39 is 12.1 Å². The van der Waals surface area contributed by atoms with Gasteiger partial charge in [0.1, 0.15) is 5.02 Å². The summed E-state index contributed by atoms with van der Waals surface area (Å²) >= 11 is 6.21. The fraction of sp³-hybridized carbons (Fsp3) is 0.600. The highest BCUT2D eigenvalue weighted by molar-refractivity contribution is 6.35. The van der Waals surface area contributed by atoms with E-state index in [0.717, 1.165) is 6.54 Å². The van der Waals surface area contributed by atoms with Crippen LogP contribution in [0.5, 0.6) is 11.5 Å². The van der Waals surface area contributed by atoms with Crippen molar-refractivity contribution in [3.05, 3.63) is 16.7 Å². The Morgan fingerprint density at radius 1 is 1.30 bits per heavy atom. The zero-order valence-electron chi connectivity index (χ0n) is 16.7. The van der Waals surface area contributed by atoms with Crippen molar-refractivity contribution in [1.82, 2.24) is 10.2 Å². The molecule has 0 unspecified atom stereocenters. The first kappa shape index (κ1) is 22.5. The molecule has 0 aromatic heterocycles. The summed E-state index contributed by atoms with van der Waals surface area (Å²) in [4.78, 5) is 25.5. The van der Waals surface area contributed by atoms with Crippen LogP contribution in [0.25, 0.3) is 0 Å². The van der Waals surface area contributed by atoms with E-state index in [9.17, 15) is 14.7 Å². The van der Waals surface area contributed by atoms with Crippen LogP contribution in [0.1, 0.15) is 36.0 Å². The van der Waals surface area contributed by atoms with E-state index in [0.29, 0.717) is 52.1 Å². The first-order valence-electron chi connectivity index (χ1n) is 10.1. The summed E-state index contributed by atoms with van der Waals surface area (Å²) in [6.07, 6.45) is 1.44. The number of hydrogen-bond acceptors (Lipinski definition) is 7. The third-order valence-corrected chi connectivity index (χ3v) is 5.81. The molecule has 1 aromatic carbocycles. The van der Waals surface area contributed by atoms with Crippen molar-refractivity contribution < 1.29 is 29.3 Å². The molecule has 0 bridgehead atoms. The maximum absolute atomic E-state index is 12.8. The number of aliphatic hydroxyl groups excluding tert-OH is 1. The quantitative estimate of drug-likeness (QED) is 0.466. The summed E-state index contributed by atoms with van der Waals surface area (Å²) in [5.74, 6) is -0.698. The Labute approximate surface area is 180 Å². The van der Waals surface area contributed by atoms with Crippen LogP contribution < -0.4 is 20.5 Å². The lowest BCUT2D eigenvalue weighted by molar-refractivity contribution is -0.137. The van der Waals surface area contributed by atoms with Crippen molar-refractivity contribution in [2.75, 3.05) is 45.1 Å². The lowest BCUT2D eigenvalue weighted by Crippen LogP contribution is -2.47. The molecular formula is C20H28ClN3O6. The highest BCUT2D eigenvalue weighted by Crippen LogP contribution is 2.43. The molecule has 1 saturated heterocycles. The van der Waals surface area contributed by atoms with Gasteiger partial charge in [0.2, 0.25) is 0 Å². The average molecular weight is 442 g/mol. The van der Waals surface area contributed by atoms with Gasteiger partial charge in [0.05, 0.1) is 30.6 Å². The van der Waals surface area contributed by atoms with Gasteiger partial charge in [0.15, 0.2) is 11.5 Å². The van der Waals surface area contributed by atoms with E-state index in [1.54, 1.807) is 0 Å². The number of aliphatic carboxylic acids is 1. The zero-order valence-corrected chi connectivity index (χ0v) is 17.5. The number of anilines is 1. The molecule has 9 nitrogen and oxygen atoms in total. The number of β-amino-alcohol motifs (C(OH)–C–C–N with tert-alkyl or cyclic N) is 1. The van der Waals surface area contributed by atoms with Gasteiger partial charge in [-0.05, 0) is 32.0 Å². The van der Waals surface area contributed by atoms with Gasteiger partial charge < -0.3 is 35.6 Å². The number of carboxylic acid groups (broad SMARTS) is 1. The van der Waals surface area contributed by atoms with Gasteiger partial charge >= 0.3 is 5.97 Å². The Balaban J connectivity index is 1.57. The lowest BCUT2D eigenvalue weighted by Gasteiger charge is -2.36. The maximum Gasteiger partial charge on any atom is 0.303 e. The Morgan fingerprint density at radius 2 is 2.03 bits per heavy atom. The van der Waals surface area contributed by atoms with E-state index in [1.165, 1.54) is 6.07 Å². The minimum absolute atomic E-state index is 0.0925. The highest BCUT2D eigenvalue weighted by atomic mass is 35.5. The number of nitrogens with zero attached hydrogens (tertiary/aromatic N) is 1. The molecule has 1 amide bonds. The molecule has 1 aromatic rings. The summed E-state index contributed by atoms with van der Waals surface area (Å²) < 4.78 is 11.3. The van der Waals surface area contributed by atoms with Crippen molar-refractivity contribution in [1.29, 1.82) is 0 Å². The lowest BCUT2D eigenvalue weighted by atomic mass is 9.93. The molecule has 3 rings (SSSR count). The number of ether oxygens (including phenoxy) is 2. The fourth-order valence-corrected chi connectivity index (χ4v) is 3.94. The monoisotopic (exact) mass is 441 g/mol. The number of carboxylic acids is 1. The van der Waals surface area contributed by atoms with E-state index in [-0.39, 0.29) is 46.0 Å². The van der Waals surface area contributed by atoms with Gasteiger partial charge in [0, 0.05) is 31.8 Å². The third kappa shape index (κ3) is 5.47. The molecule has 0 saturated carbocycles. The highest BCUT2D eigenvalue weighted by Gasteiger charge is 2.29. The summed E-state index contributed by atoms with van der Waals surface area (Å²) in [7, 11) is 0. The first-order valence-corrected chi connectivity index (χ1v) is 10.5. The number of nitrogen functional groups attached to an aromatic ring is 1. The number of rotatable bonds is 7. The predicted octanol–water partition coefficient (Wildman–Crippen LogP) is 1.36. The van der Waals surface area contributed by atoms with Gasteiger partial charge in [-0.3, -0.25) is 9.59 Å². The fourth-order valence-electron chi connectivity index (χ4n) is 3.75. The molecule has 2 heterocycles. The molecule has 5 N–H and O–H groups in total. The van der Waals surface area contributed by atoms with Crippen molar-refractivity contribution >= 4 is 29.2 Å². The number of aliphatic hydroxyl groups is 1. The van der Waals surface area contributed by atoms with Gasteiger partial charge in [-0.15, -0.1) is 0 Å². The van der Waals surface area contributed by atoms with Crippen LogP contribution in [0.15, 0.2) is 6.07 Å². The normalized spacial score (nSPS) is 21.7. The number of halogens is 1. The number of piperidine rings is 1. The van der Waals surface area contributed by atoms with Crippen LogP contribution >= 0.6 is 11.6 Å². The van der Waals surface area contributed by atoms with Gasteiger partial charge in [0.25, 0.3) is 5.91 Å². The van der Waals surface area contributed by atoms with E-state index >= 15 is 0 Å². The van der Waals surface area contributed by atoms with Crippen molar-refractivity contribution in [2.45, 2.75) is 31.8 Å². The molecule has 0 aliphatic carbocycles. The number of nitrogens with one attached hydrogen (secondary N) is 1. The van der Waals surface area contributed by atoms with Crippen molar-refractivity contribution in [3.63, 3.8) is 0 Å². The largest absolute Gasteiger partial charge is 0.489 e. The predicted molar refractivity (Wildman–Crippen MR) is 111 cm³/mol.